The van der Waals surface area contributed by atoms with Gasteiger partial charge in [0.15, 0.2) is 0 Å². The number of benzene rings is 2. The van der Waals surface area contributed by atoms with Crippen molar-refractivity contribution in [1.82, 2.24) is 4.90 Å². The first-order valence-electron chi connectivity index (χ1n) is 10.9. The highest BCUT2D eigenvalue weighted by molar-refractivity contribution is 7.16. The van der Waals surface area contributed by atoms with Gasteiger partial charge in [-0.25, -0.2) is 0 Å². The molecule has 31 heavy (non-hydrogen) atoms. The Kier molecular flexibility index (Phi) is 6.80. The van der Waals surface area contributed by atoms with E-state index in [-0.39, 0.29) is 11.9 Å². The highest BCUT2D eigenvalue weighted by Crippen LogP contribution is 2.44. The number of piperidine rings is 1. The van der Waals surface area contributed by atoms with Crippen LogP contribution in [0.5, 0.6) is 0 Å². The van der Waals surface area contributed by atoms with E-state index in [2.05, 4.69) is 43.1 Å². The van der Waals surface area contributed by atoms with Crippen molar-refractivity contribution in [3.63, 3.8) is 0 Å². The summed E-state index contributed by atoms with van der Waals surface area (Å²) in [5.74, 6) is 0.666. The topological polar surface area (TPSA) is 32.3 Å². The summed E-state index contributed by atoms with van der Waals surface area (Å²) in [6, 6.07) is 17.5. The first-order valence-corrected chi connectivity index (χ1v) is 12.1. The van der Waals surface area contributed by atoms with Crippen LogP contribution in [0.15, 0.2) is 54.6 Å². The van der Waals surface area contributed by atoms with Gasteiger partial charge in [0.05, 0.1) is 6.04 Å². The number of amides is 1. The zero-order valence-electron chi connectivity index (χ0n) is 18.3. The van der Waals surface area contributed by atoms with E-state index in [1.807, 2.05) is 42.5 Å². The second-order valence-electron chi connectivity index (χ2n) is 8.49. The summed E-state index contributed by atoms with van der Waals surface area (Å²) in [6.45, 7) is 8.67. The largest absolute Gasteiger partial charge is 0.313 e. The fourth-order valence-electron chi connectivity index (χ4n) is 4.35. The third kappa shape index (κ3) is 4.72. The summed E-state index contributed by atoms with van der Waals surface area (Å²) in [6.07, 6.45) is 2.35. The summed E-state index contributed by atoms with van der Waals surface area (Å²) >= 11 is 8.37. The first-order chi connectivity index (χ1) is 15.0. The molecule has 0 unspecified atom stereocenters. The second-order valence-corrected chi connectivity index (χ2v) is 10.1. The van der Waals surface area contributed by atoms with Crippen molar-refractivity contribution in [3.8, 4) is 0 Å². The SMILES string of the molecule is Cc1sc(NC(=O)c2ccccc2)c([C@H](c2ccccc2Cl)N2CCC(C)CC2)c1C. The minimum absolute atomic E-state index is 0.0252. The van der Waals surface area contributed by atoms with Crippen LogP contribution < -0.4 is 5.32 Å². The van der Waals surface area contributed by atoms with Gasteiger partial charge in [-0.05, 0) is 75.0 Å². The number of rotatable bonds is 5. The number of likely N-dealkylation sites (tertiary alicyclic amines) is 1. The van der Waals surface area contributed by atoms with Gasteiger partial charge >= 0.3 is 0 Å². The molecular weight excluding hydrogens is 424 g/mol. The number of anilines is 1. The zero-order valence-corrected chi connectivity index (χ0v) is 19.9. The van der Waals surface area contributed by atoms with Gasteiger partial charge in [-0.1, -0.05) is 54.9 Å². The van der Waals surface area contributed by atoms with E-state index in [0.717, 1.165) is 34.6 Å². The van der Waals surface area contributed by atoms with E-state index >= 15 is 0 Å². The van der Waals surface area contributed by atoms with Crippen LogP contribution in [0, 0.1) is 19.8 Å². The summed E-state index contributed by atoms with van der Waals surface area (Å²) in [5.41, 5.74) is 4.18. The number of aryl methyl sites for hydroxylation is 1. The fourth-order valence-corrected chi connectivity index (χ4v) is 5.68. The normalized spacial score (nSPS) is 16.3. The molecule has 2 aromatic carbocycles. The molecule has 4 rings (SSSR count). The molecule has 1 amide bonds. The lowest BCUT2D eigenvalue weighted by Crippen LogP contribution is -2.37. The molecule has 0 spiro atoms. The molecule has 2 heterocycles. The summed E-state index contributed by atoms with van der Waals surface area (Å²) in [5, 5.41) is 4.91. The Labute approximate surface area is 194 Å². The van der Waals surface area contributed by atoms with Crippen molar-refractivity contribution in [3.05, 3.63) is 86.8 Å². The Morgan fingerprint density at radius 3 is 2.39 bits per heavy atom. The lowest BCUT2D eigenvalue weighted by molar-refractivity contribution is 0.102. The predicted octanol–water partition coefficient (Wildman–Crippen LogP) is 7.09. The molecule has 1 saturated heterocycles. The number of carbonyl (C=O) groups excluding carboxylic acids is 1. The number of hydrogen-bond donors (Lipinski definition) is 1. The zero-order chi connectivity index (χ0) is 22.0. The predicted molar refractivity (Wildman–Crippen MR) is 131 cm³/mol. The molecule has 5 heteroatoms. The molecule has 3 aromatic rings. The molecule has 0 saturated carbocycles. The van der Waals surface area contributed by atoms with Gasteiger partial charge in [0, 0.05) is 21.0 Å². The van der Waals surface area contributed by atoms with Gasteiger partial charge in [-0.2, -0.15) is 0 Å². The van der Waals surface area contributed by atoms with Crippen molar-refractivity contribution < 1.29 is 4.79 Å². The van der Waals surface area contributed by atoms with Crippen LogP contribution in [0.1, 0.15) is 57.7 Å². The molecule has 162 valence electrons. The van der Waals surface area contributed by atoms with Crippen LogP contribution in [0.3, 0.4) is 0 Å². The smallest absolute Gasteiger partial charge is 0.256 e. The molecule has 0 aliphatic carbocycles. The summed E-state index contributed by atoms with van der Waals surface area (Å²) in [7, 11) is 0. The molecule has 1 aliphatic heterocycles. The van der Waals surface area contributed by atoms with E-state index < -0.39 is 0 Å². The fraction of sp³-hybridized carbons (Fsp3) is 0.346. The number of carbonyl (C=O) groups is 1. The third-order valence-electron chi connectivity index (χ3n) is 6.35. The standard InChI is InChI=1S/C26H29ClN2OS/c1-17-13-15-29(16-14-17)24(21-11-7-8-12-22(21)27)23-18(2)19(3)31-26(23)28-25(30)20-9-5-4-6-10-20/h4-12,17,24H,13-16H2,1-3H3,(H,28,30)/t24-/m0/s1. The van der Waals surface area contributed by atoms with Crippen molar-refractivity contribution in [2.45, 2.75) is 39.7 Å². The van der Waals surface area contributed by atoms with E-state index in [1.165, 1.54) is 28.8 Å². The van der Waals surface area contributed by atoms with Gasteiger partial charge in [-0.3, -0.25) is 9.69 Å². The van der Waals surface area contributed by atoms with Crippen LogP contribution in [0.25, 0.3) is 0 Å². The number of hydrogen-bond acceptors (Lipinski definition) is 3. The van der Waals surface area contributed by atoms with E-state index in [4.69, 9.17) is 11.6 Å². The van der Waals surface area contributed by atoms with Crippen molar-refractivity contribution in [2.24, 2.45) is 5.92 Å². The molecule has 1 aromatic heterocycles. The Morgan fingerprint density at radius 1 is 1.06 bits per heavy atom. The first kappa shape index (κ1) is 22.1. The highest BCUT2D eigenvalue weighted by atomic mass is 35.5. The number of nitrogens with one attached hydrogen (secondary N) is 1. The molecule has 1 fully saturated rings. The average Bonchev–Trinajstić information content (AvgIpc) is 3.05. The molecule has 1 aliphatic rings. The minimum Gasteiger partial charge on any atom is -0.313 e. The molecule has 3 nitrogen and oxygen atoms in total. The van der Waals surface area contributed by atoms with Gasteiger partial charge in [-0.15, -0.1) is 11.3 Å². The monoisotopic (exact) mass is 452 g/mol. The average molecular weight is 453 g/mol. The van der Waals surface area contributed by atoms with E-state index in [0.29, 0.717) is 5.56 Å². The summed E-state index contributed by atoms with van der Waals surface area (Å²) in [4.78, 5) is 16.7. The lowest BCUT2D eigenvalue weighted by Gasteiger charge is -2.38. The van der Waals surface area contributed by atoms with Crippen LogP contribution in [0.4, 0.5) is 5.00 Å². The maximum atomic E-state index is 13.0. The quantitative estimate of drug-likeness (QED) is 0.448. The van der Waals surface area contributed by atoms with Crippen molar-refractivity contribution >= 4 is 33.8 Å². The van der Waals surface area contributed by atoms with Crippen molar-refractivity contribution in [2.75, 3.05) is 18.4 Å². The van der Waals surface area contributed by atoms with Crippen LogP contribution >= 0.6 is 22.9 Å². The number of thiophene rings is 1. The van der Waals surface area contributed by atoms with Gasteiger partial charge < -0.3 is 5.32 Å². The van der Waals surface area contributed by atoms with E-state index in [9.17, 15) is 4.79 Å². The van der Waals surface area contributed by atoms with Crippen LogP contribution in [0.2, 0.25) is 5.02 Å². The number of nitrogens with zero attached hydrogens (tertiary/aromatic N) is 1. The molecule has 1 N–H and O–H groups in total. The molecule has 1 atom stereocenters. The number of halogens is 1. The minimum atomic E-state index is -0.0757. The van der Waals surface area contributed by atoms with Gasteiger partial charge in [0.2, 0.25) is 0 Å². The lowest BCUT2D eigenvalue weighted by atomic mass is 9.91. The van der Waals surface area contributed by atoms with Crippen LogP contribution in [-0.2, 0) is 0 Å². The van der Waals surface area contributed by atoms with Gasteiger partial charge in [0.1, 0.15) is 5.00 Å². The second kappa shape index (κ2) is 9.56. The molecule has 0 radical (unpaired) electrons. The molecule has 0 bridgehead atoms. The Morgan fingerprint density at radius 2 is 1.71 bits per heavy atom. The Hall–Kier alpha value is -2.14. The van der Waals surface area contributed by atoms with Crippen molar-refractivity contribution in [1.29, 1.82) is 0 Å². The molecular formula is C26H29ClN2OS. The highest BCUT2D eigenvalue weighted by Gasteiger charge is 2.32. The maximum absolute atomic E-state index is 13.0. The Balaban J connectivity index is 1.78. The van der Waals surface area contributed by atoms with Gasteiger partial charge in [0.25, 0.3) is 5.91 Å². The summed E-state index contributed by atoms with van der Waals surface area (Å²) < 4.78 is 0. The maximum Gasteiger partial charge on any atom is 0.256 e. The van der Waals surface area contributed by atoms with Crippen LogP contribution in [-0.4, -0.2) is 23.9 Å². The Bertz CT molecular complexity index is 1050. The van der Waals surface area contributed by atoms with E-state index in [1.54, 1.807) is 11.3 Å². The third-order valence-corrected chi connectivity index (χ3v) is 7.83.